The summed E-state index contributed by atoms with van der Waals surface area (Å²) in [5, 5.41) is 0. The highest BCUT2D eigenvalue weighted by Crippen LogP contribution is 2.27. The maximum absolute atomic E-state index is 12.8. The Morgan fingerprint density at radius 3 is 2.46 bits per heavy atom. The molecule has 0 atom stereocenters. The SMILES string of the molecule is CC(C)N(Cc1ccccc1)C(=O)CC(=O)N1CCCc2ccccc21. The second-order valence-corrected chi connectivity index (χ2v) is 7.06. The molecular formula is C22H26N2O2. The van der Waals surface area contributed by atoms with E-state index in [2.05, 4.69) is 6.07 Å². The number of carbonyl (C=O) groups excluding carboxylic acids is 2. The van der Waals surface area contributed by atoms with Gasteiger partial charge in [-0.1, -0.05) is 48.5 Å². The first-order valence-electron chi connectivity index (χ1n) is 9.28. The molecule has 0 spiro atoms. The minimum absolute atomic E-state index is 0.0455. The first-order chi connectivity index (χ1) is 12.6. The molecule has 0 N–H and O–H groups in total. The van der Waals surface area contributed by atoms with E-state index in [4.69, 9.17) is 0 Å². The fourth-order valence-electron chi connectivity index (χ4n) is 3.46. The molecule has 26 heavy (non-hydrogen) atoms. The molecule has 2 aromatic carbocycles. The summed E-state index contributed by atoms with van der Waals surface area (Å²) in [7, 11) is 0. The number of nitrogens with zero attached hydrogens (tertiary/aromatic N) is 2. The zero-order chi connectivity index (χ0) is 18.5. The maximum atomic E-state index is 12.8. The highest BCUT2D eigenvalue weighted by Gasteiger charge is 2.26. The Kier molecular flexibility index (Phi) is 5.71. The monoisotopic (exact) mass is 350 g/mol. The number of anilines is 1. The number of rotatable bonds is 5. The number of aryl methyl sites for hydroxylation is 1. The molecule has 0 bridgehead atoms. The lowest BCUT2D eigenvalue weighted by molar-refractivity contribution is -0.137. The van der Waals surface area contributed by atoms with Crippen LogP contribution < -0.4 is 4.90 Å². The third-order valence-corrected chi connectivity index (χ3v) is 4.85. The van der Waals surface area contributed by atoms with Gasteiger partial charge in [-0.15, -0.1) is 0 Å². The van der Waals surface area contributed by atoms with Crippen molar-refractivity contribution in [2.45, 2.75) is 45.7 Å². The highest BCUT2D eigenvalue weighted by atomic mass is 16.2. The predicted molar refractivity (Wildman–Crippen MR) is 104 cm³/mol. The number of benzene rings is 2. The zero-order valence-corrected chi connectivity index (χ0v) is 15.5. The number of amides is 2. The van der Waals surface area contributed by atoms with Crippen LogP contribution in [0.2, 0.25) is 0 Å². The molecule has 2 aromatic rings. The van der Waals surface area contributed by atoms with Crippen LogP contribution in [0.1, 0.15) is 37.8 Å². The summed E-state index contributed by atoms with van der Waals surface area (Å²) in [6, 6.07) is 17.9. The standard InChI is InChI=1S/C22H26N2O2/c1-17(2)24(16-18-9-4-3-5-10-18)22(26)15-21(25)23-14-8-12-19-11-6-7-13-20(19)23/h3-7,9-11,13,17H,8,12,14-16H2,1-2H3. The van der Waals surface area contributed by atoms with Crippen LogP contribution in [0.3, 0.4) is 0 Å². The summed E-state index contributed by atoms with van der Waals surface area (Å²) in [5.74, 6) is -0.224. The van der Waals surface area contributed by atoms with Crippen molar-refractivity contribution in [3.05, 3.63) is 65.7 Å². The number of para-hydroxylation sites is 1. The Balaban J connectivity index is 1.71. The Hall–Kier alpha value is -2.62. The Morgan fingerprint density at radius 2 is 1.73 bits per heavy atom. The van der Waals surface area contributed by atoms with Crippen molar-refractivity contribution in [1.29, 1.82) is 0 Å². The van der Waals surface area contributed by atoms with Gasteiger partial charge in [0.1, 0.15) is 6.42 Å². The van der Waals surface area contributed by atoms with E-state index in [-0.39, 0.29) is 24.3 Å². The number of hydrogen-bond donors (Lipinski definition) is 0. The molecule has 2 amide bonds. The normalized spacial score (nSPS) is 13.4. The summed E-state index contributed by atoms with van der Waals surface area (Å²) in [6.07, 6.45) is 1.84. The van der Waals surface area contributed by atoms with Crippen LogP contribution in [0.4, 0.5) is 5.69 Å². The second-order valence-electron chi connectivity index (χ2n) is 7.06. The van der Waals surface area contributed by atoms with Crippen LogP contribution in [0, 0.1) is 0 Å². The van der Waals surface area contributed by atoms with Crippen molar-refractivity contribution in [2.75, 3.05) is 11.4 Å². The number of hydrogen-bond acceptors (Lipinski definition) is 2. The Bertz CT molecular complexity index is 771. The van der Waals surface area contributed by atoms with E-state index in [1.807, 2.05) is 62.4 Å². The predicted octanol–water partition coefficient (Wildman–Crippen LogP) is 3.79. The highest BCUT2D eigenvalue weighted by molar-refractivity contribution is 6.05. The van der Waals surface area contributed by atoms with Crippen LogP contribution in [-0.2, 0) is 22.6 Å². The van der Waals surface area contributed by atoms with Crippen molar-refractivity contribution in [2.24, 2.45) is 0 Å². The molecule has 3 rings (SSSR count). The lowest BCUT2D eigenvalue weighted by Gasteiger charge is -2.31. The van der Waals surface area contributed by atoms with Gasteiger partial charge in [-0.2, -0.15) is 0 Å². The first-order valence-corrected chi connectivity index (χ1v) is 9.28. The number of fused-ring (bicyclic) bond motifs is 1. The van der Waals surface area contributed by atoms with E-state index < -0.39 is 0 Å². The molecule has 1 aliphatic rings. The van der Waals surface area contributed by atoms with Crippen molar-refractivity contribution in [3.8, 4) is 0 Å². The zero-order valence-electron chi connectivity index (χ0n) is 15.5. The molecule has 0 fully saturated rings. The molecule has 0 radical (unpaired) electrons. The summed E-state index contributed by atoms with van der Waals surface area (Å²) in [5.41, 5.74) is 3.21. The molecular weight excluding hydrogens is 324 g/mol. The van der Waals surface area contributed by atoms with Crippen molar-refractivity contribution in [1.82, 2.24) is 4.90 Å². The van der Waals surface area contributed by atoms with Gasteiger partial charge in [0.2, 0.25) is 11.8 Å². The van der Waals surface area contributed by atoms with E-state index in [0.29, 0.717) is 13.1 Å². The molecule has 0 unspecified atom stereocenters. The first kappa shape index (κ1) is 18.2. The molecule has 1 aliphatic heterocycles. The lowest BCUT2D eigenvalue weighted by Crippen LogP contribution is -2.42. The molecule has 0 aliphatic carbocycles. The van der Waals surface area contributed by atoms with Gasteiger partial charge >= 0.3 is 0 Å². The Labute approximate surface area is 155 Å². The van der Waals surface area contributed by atoms with E-state index in [0.717, 1.165) is 24.1 Å². The van der Waals surface area contributed by atoms with Gasteiger partial charge < -0.3 is 9.80 Å². The molecule has 0 saturated carbocycles. The van der Waals surface area contributed by atoms with Gasteiger partial charge in [-0.3, -0.25) is 9.59 Å². The minimum atomic E-state index is -0.114. The van der Waals surface area contributed by atoms with E-state index in [1.165, 1.54) is 5.56 Å². The molecule has 0 aromatic heterocycles. The Morgan fingerprint density at radius 1 is 1.04 bits per heavy atom. The van der Waals surface area contributed by atoms with E-state index in [1.54, 1.807) is 9.80 Å². The smallest absolute Gasteiger partial charge is 0.236 e. The fourth-order valence-corrected chi connectivity index (χ4v) is 3.46. The fraction of sp³-hybridized carbons (Fsp3) is 0.364. The average Bonchev–Trinajstić information content (AvgIpc) is 2.66. The van der Waals surface area contributed by atoms with Gasteiger partial charge in [0, 0.05) is 24.8 Å². The van der Waals surface area contributed by atoms with Gasteiger partial charge in [0.05, 0.1) is 0 Å². The topological polar surface area (TPSA) is 40.6 Å². The third-order valence-electron chi connectivity index (χ3n) is 4.85. The largest absolute Gasteiger partial charge is 0.336 e. The molecule has 4 nitrogen and oxygen atoms in total. The lowest BCUT2D eigenvalue weighted by atomic mass is 10.0. The molecule has 136 valence electrons. The van der Waals surface area contributed by atoms with Gasteiger partial charge in [0.25, 0.3) is 0 Å². The van der Waals surface area contributed by atoms with Crippen molar-refractivity contribution >= 4 is 17.5 Å². The van der Waals surface area contributed by atoms with Gasteiger partial charge in [-0.25, -0.2) is 0 Å². The van der Waals surface area contributed by atoms with Crippen LogP contribution in [-0.4, -0.2) is 29.3 Å². The molecule has 1 heterocycles. The van der Waals surface area contributed by atoms with E-state index in [9.17, 15) is 9.59 Å². The summed E-state index contributed by atoms with van der Waals surface area (Å²) in [4.78, 5) is 29.2. The van der Waals surface area contributed by atoms with Crippen LogP contribution >= 0.6 is 0 Å². The van der Waals surface area contributed by atoms with Crippen molar-refractivity contribution in [3.63, 3.8) is 0 Å². The van der Waals surface area contributed by atoms with Gasteiger partial charge in [0.15, 0.2) is 0 Å². The molecule has 4 heteroatoms. The summed E-state index contributed by atoms with van der Waals surface area (Å²) in [6.45, 7) is 5.19. The summed E-state index contributed by atoms with van der Waals surface area (Å²) < 4.78 is 0. The minimum Gasteiger partial charge on any atom is -0.336 e. The summed E-state index contributed by atoms with van der Waals surface area (Å²) >= 11 is 0. The van der Waals surface area contributed by atoms with Crippen LogP contribution in [0.5, 0.6) is 0 Å². The average molecular weight is 350 g/mol. The van der Waals surface area contributed by atoms with Crippen LogP contribution in [0.25, 0.3) is 0 Å². The second kappa shape index (κ2) is 8.17. The molecule has 0 saturated heterocycles. The van der Waals surface area contributed by atoms with Crippen LogP contribution in [0.15, 0.2) is 54.6 Å². The third kappa shape index (κ3) is 4.13. The number of carbonyl (C=O) groups is 2. The van der Waals surface area contributed by atoms with Crippen molar-refractivity contribution < 1.29 is 9.59 Å². The maximum Gasteiger partial charge on any atom is 0.236 e. The van der Waals surface area contributed by atoms with Gasteiger partial charge in [-0.05, 0) is 43.9 Å². The quantitative estimate of drug-likeness (QED) is 0.770. The van der Waals surface area contributed by atoms with E-state index >= 15 is 0 Å².